The van der Waals surface area contributed by atoms with Crippen LogP contribution >= 0.6 is 60.2 Å². The van der Waals surface area contributed by atoms with E-state index in [-0.39, 0.29) is 19.0 Å². The lowest BCUT2D eigenvalue weighted by molar-refractivity contribution is 0.184. The first-order chi connectivity index (χ1) is 7.99. The van der Waals surface area contributed by atoms with E-state index in [1.54, 1.807) is 7.11 Å². The summed E-state index contributed by atoms with van der Waals surface area (Å²) in [7, 11) is 3.07. The summed E-state index contributed by atoms with van der Waals surface area (Å²) in [5.74, 6) is 1.05. The lowest BCUT2D eigenvalue weighted by atomic mass is 10.1. The fourth-order valence-corrected chi connectivity index (χ4v) is 3.68. The first-order valence-corrected chi connectivity index (χ1v) is 7.03. The Labute approximate surface area is 137 Å². The van der Waals surface area contributed by atoms with Crippen molar-refractivity contribution in [2.24, 2.45) is 5.73 Å². The van der Waals surface area contributed by atoms with Crippen molar-refractivity contribution >= 4 is 60.2 Å². The third kappa shape index (κ3) is 3.32. The zero-order valence-electron chi connectivity index (χ0n) is 9.67. The molecule has 4 nitrogen and oxygen atoms in total. The summed E-state index contributed by atoms with van der Waals surface area (Å²) in [6, 6.07) is 0. The Hall–Kier alpha value is 0.470. The van der Waals surface area contributed by atoms with Gasteiger partial charge in [0.05, 0.1) is 29.3 Å². The van der Waals surface area contributed by atoms with Crippen molar-refractivity contribution in [1.82, 2.24) is 0 Å². The first-order valence-electron chi connectivity index (χ1n) is 4.66. The molecule has 1 aromatic rings. The number of aliphatic hydroxyl groups is 1. The molecule has 0 radical (unpaired) electrons. The Bertz CT molecular complexity index is 432. The molecule has 0 fully saturated rings. The van der Waals surface area contributed by atoms with Gasteiger partial charge in [0, 0.05) is 16.6 Å². The van der Waals surface area contributed by atoms with E-state index >= 15 is 0 Å². The highest BCUT2D eigenvalue weighted by molar-refractivity contribution is 9.13. The molecule has 8 heteroatoms. The van der Waals surface area contributed by atoms with Crippen LogP contribution in [0.25, 0.3) is 0 Å². The van der Waals surface area contributed by atoms with E-state index in [2.05, 4.69) is 47.8 Å². The minimum absolute atomic E-state index is 0. The van der Waals surface area contributed by atoms with Crippen molar-refractivity contribution in [3.63, 3.8) is 0 Å². The molecule has 0 aliphatic rings. The number of hydrogen-bond acceptors (Lipinski definition) is 4. The van der Waals surface area contributed by atoms with E-state index in [0.717, 1.165) is 0 Å². The smallest absolute Gasteiger partial charge is 0.177 e. The van der Waals surface area contributed by atoms with Crippen LogP contribution in [0.15, 0.2) is 13.4 Å². The van der Waals surface area contributed by atoms with E-state index < -0.39 is 6.10 Å². The van der Waals surface area contributed by atoms with Gasteiger partial charge in [-0.3, -0.25) is 0 Å². The Morgan fingerprint density at radius 3 is 1.89 bits per heavy atom. The summed E-state index contributed by atoms with van der Waals surface area (Å²) in [5, 5.41) is 9.90. The van der Waals surface area contributed by atoms with Crippen molar-refractivity contribution in [1.29, 1.82) is 0 Å². The molecule has 18 heavy (non-hydrogen) atoms. The van der Waals surface area contributed by atoms with Gasteiger partial charge in [-0.25, -0.2) is 0 Å². The lowest BCUT2D eigenvalue weighted by Gasteiger charge is -2.19. The standard InChI is InChI=1S/C10H12Br3NO3.ClH/c1-16-9-7(12)5(4(15)3-14)6(11)8(13)10(9)17-2;/h4,15H,3,14H2,1-2H3;1H. The normalized spacial score (nSPS) is 11.7. The molecule has 1 rings (SSSR count). The third-order valence-electron chi connectivity index (χ3n) is 2.24. The van der Waals surface area contributed by atoms with Crippen LogP contribution in [0.2, 0.25) is 0 Å². The Kier molecular flexibility index (Phi) is 8.12. The van der Waals surface area contributed by atoms with Crippen LogP contribution in [0.1, 0.15) is 11.7 Å². The molecule has 104 valence electrons. The zero-order valence-corrected chi connectivity index (χ0v) is 15.2. The van der Waals surface area contributed by atoms with Gasteiger partial charge < -0.3 is 20.3 Å². The predicted molar refractivity (Wildman–Crippen MR) is 83.9 cm³/mol. The lowest BCUT2D eigenvalue weighted by Crippen LogP contribution is -2.13. The fraction of sp³-hybridized carbons (Fsp3) is 0.400. The molecule has 0 heterocycles. The number of rotatable bonds is 4. The SMILES string of the molecule is COc1c(Br)c(Br)c(C(O)CN)c(Br)c1OC.Cl. The zero-order chi connectivity index (χ0) is 13.2. The minimum Gasteiger partial charge on any atom is -0.492 e. The van der Waals surface area contributed by atoms with Crippen molar-refractivity contribution in [2.75, 3.05) is 20.8 Å². The number of hydrogen-bond donors (Lipinski definition) is 2. The van der Waals surface area contributed by atoms with Gasteiger partial charge in [0.2, 0.25) is 0 Å². The van der Waals surface area contributed by atoms with E-state index in [4.69, 9.17) is 15.2 Å². The second-order valence-corrected chi connectivity index (χ2v) is 5.55. The topological polar surface area (TPSA) is 64.7 Å². The number of benzene rings is 1. The van der Waals surface area contributed by atoms with Crippen molar-refractivity contribution in [3.05, 3.63) is 19.0 Å². The second-order valence-electron chi connectivity index (χ2n) is 3.17. The highest BCUT2D eigenvalue weighted by Crippen LogP contribution is 2.49. The quantitative estimate of drug-likeness (QED) is 0.663. The predicted octanol–water partition coefficient (Wildman–Crippen LogP) is 3.41. The fourth-order valence-electron chi connectivity index (χ4n) is 1.41. The van der Waals surface area contributed by atoms with Crippen LogP contribution in [0.5, 0.6) is 11.5 Å². The minimum atomic E-state index is -0.796. The van der Waals surface area contributed by atoms with Gasteiger partial charge in [0.1, 0.15) is 0 Å². The van der Waals surface area contributed by atoms with Crippen LogP contribution in [0, 0.1) is 0 Å². The summed E-state index contributed by atoms with van der Waals surface area (Å²) < 4.78 is 12.5. The average Bonchev–Trinajstić information content (AvgIpc) is 2.33. The van der Waals surface area contributed by atoms with Gasteiger partial charge in [-0.2, -0.15) is 0 Å². The van der Waals surface area contributed by atoms with Crippen LogP contribution in [0.3, 0.4) is 0 Å². The Morgan fingerprint density at radius 1 is 1.06 bits per heavy atom. The molecule has 3 N–H and O–H groups in total. The molecule has 0 aliphatic carbocycles. The van der Waals surface area contributed by atoms with Crippen molar-refractivity contribution < 1.29 is 14.6 Å². The van der Waals surface area contributed by atoms with Crippen LogP contribution < -0.4 is 15.2 Å². The van der Waals surface area contributed by atoms with E-state index in [1.165, 1.54) is 7.11 Å². The van der Waals surface area contributed by atoms with E-state index in [0.29, 0.717) is 30.5 Å². The van der Waals surface area contributed by atoms with Gasteiger partial charge in [-0.05, 0) is 47.8 Å². The number of halogens is 4. The monoisotopic (exact) mass is 467 g/mol. The first kappa shape index (κ1) is 18.5. The van der Waals surface area contributed by atoms with Crippen molar-refractivity contribution in [2.45, 2.75) is 6.10 Å². The van der Waals surface area contributed by atoms with E-state index in [9.17, 15) is 5.11 Å². The molecular formula is C10H13Br3ClNO3. The maximum atomic E-state index is 9.90. The summed E-state index contributed by atoms with van der Waals surface area (Å²) in [6.45, 7) is 0.110. The summed E-state index contributed by atoms with van der Waals surface area (Å²) >= 11 is 10.2. The average molecular weight is 470 g/mol. The van der Waals surface area contributed by atoms with Gasteiger partial charge in [-0.1, -0.05) is 0 Å². The Balaban J connectivity index is 0.00000289. The Morgan fingerprint density at radius 2 is 1.50 bits per heavy atom. The molecule has 0 bridgehead atoms. The van der Waals surface area contributed by atoms with Crippen LogP contribution in [-0.4, -0.2) is 25.9 Å². The molecular weight excluding hydrogens is 457 g/mol. The van der Waals surface area contributed by atoms with Gasteiger partial charge >= 0.3 is 0 Å². The number of methoxy groups -OCH3 is 2. The second kappa shape index (κ2) is 7.91. The summed E-state index contributed by atoms with van der Waals surface area (Å²) in [6.07, 6.45) is -0.796. The molecule has 0 aromatic heterocycles. The van der Waals surface area contributed by atoms with Crippen molar-refractivity contribution in [3.8, 4) is 11.5 Å². The number of nitrogens with two attached hydrogens (primary N) is 1. The maximum absolute atomic E-state index is 9.90. The summed E-state index contributed by atoms with van der Waals surface area (Å²) in [5.41, 5.74) is 6.10. The number of ether oxygens (including phenoxy) is 2. The maximum Gasteiger partial charge on any atom is 0.177 e. The van der Waals surface area contributed by atoms with Crippen LogP contribution in [0.4, 0.5) is 0 Å². The molecule has 0 saturated heterocycles. The summed E-state index contributed by atoms with van der Waals surface area (Å²) in [4.78, 5) is 0. The molecule has 1 atom stereocenters. The van der Waals surface area contributed by atoms with Gasteiger partial charge in [0.15, 0.2) is 11.5 Å². The molecule has 0 saturated carbocycles. The van der Waals surface area contributed by atoms with E-state index in [1.807, 2.05) is 0 Å². The molecule has 0 amide bonds. The largest absolute Gasteiger partial charge is 0.492 e. The van der Waals surface area contributed by atoms with Crippen LogP contribution in [-0.2, 0) is 0 Å². The van der Waals surface area contributed by atoms with Gasteiger partial charge in [-0.15, -0.1) is 12.4 Å². The third-order valence-corrected chi connectivity index (χ3v) is 5.13. The molecule has 0 aliphatic heterocycles. The molecule has 1 unspecified atom stereocenters. The molecule has 1 aromatic carbocycles. The highest BCUT2D eigenvalue weighted by Gasteiger charge is 2.25. The highest BCUT2D eigenvalue weighted by atomic mass is 79.9. The molecule has 0 spiro atoms. The number of aliphatic hydroxyl groups excluding tert-OH is 1. The van der Waals surface area contributed by atoms with Gasteiger partial charge in [0.25, 0.3) is 0 Å².